The Morgan fingerprint density at radius 3 is 1.39 bits per heavy atom. The van der Waals surface area contributed by atoms with Crippen molar-refractivity contribution in [2.75, 3.05) is 13.2 Å². The van der Waals surface area contributed by atoms with Crippen LogP contribution < -0.4 is 9.47 Å². The second-order valence-electron chi connectivity index (χ2n) is 11.3. The molecule has 0 saturated heterocycles. The fourth-order valence-electron chi connectivity index (χ4n) is 4.50. The van der Waals surface area contributed by atoms with Crippen molar-refractivity contribution in [1.29, 1.82) is 0 Å². The molecule has 2 aliphatic heterocycles. The fourth-order valence-corrected chi connectivity index (χ4v) is 4.50. The summed E-state index contributed by atoms with van der Waals surface area (Å²) in [5.74, 6) is 1.64. The number of hydrogen-bond donors (Lipinski definition) is 2. The summed E-state index contributed by atoms with van der Waals surface area (Å²) >= 11 is 0. The summed E-state index contributed by atoms with van der Waals surface area (Å²) in [4.78, 5) is 0. The maximum absolute atomic E-state index is 9.45. The van der Waals surface area contributed by atoms with E-state index in [2.05, 4.69) is 65.8 Å². The van der Waals surface area contributed by atoms with Crippen LogP contribution in [0.1, 0.15) is 100 Å². The summed E-state index contributed by atoms with van der Waals surface area (Å²) in [6, 6.07) is 8.69. The molecular weight excluding hydrogens is 416 g/mol. The number of aliphatic hydroxyl groups excluding tert-OH is 2. The van der Waals surface area contributed by atoms with E-state index in [4.69, 9.17) is 14.2 Å². The van der Waals surface area contributed by atoms with Gasteiger partial charge in [-0.2, -0.15) is 0 Å². The number of rotatable bonds is 6. The van der Waals surface area contributed by atoms with E-state index in [9.17, 15) is 10.2 Å². The normalized spacial score (nSPS) is 19.4. The Hall–Kier alpha value is -2.08. The van der Waals surface area contributed by atoms with Crippen LogP contribution in [-0.2, 0) is 28.4 Å². The summed E-state index contributed by atoms with van der Waals surface area (Å²) in [7, 11) is 0. The topological polar surface area (TPSA) is 68.2 Å². The highest BCUT2D eigenvalue weighted by atomic mass is 16.8. The van der Waals surface area contributed by atoms with Gasteiger partial charge in [0.15, 0.2) is 0 Å². The third-order valence-electron chi connectivity index (χ3n) is 6.53. The molecule has 2 heterocycles. The van der Waals surface area contributed by atoms with Gasteiger partial charge in [-0.05, 0) is 70.9 Å². The number of hydrogen-bond acceptors (Lipinski definition) is 5. The summed E-state index contributed by atoms with van der Waals surface area (Å²) < 4.78 is 19.3. The van der Waals surface area contributed by atoms with Crippen LogP contribution in [-0.4, -0.2) is 23.4 Å². The zero-order valence-electron chi connectivity index (χ0n) is 20.8. The van der Waals surface area contributed by atoms with E-state index in [1.807, 2.05) is 0 Å². The minimum absolute atomic E-state index is 0.0414. The Labute approximate surface area is 197 Å². The molecule has 0 spiro atoms. The fraction of sp³-hybridized carbons (Fsp3) is 0.571. The molecule has 0 amide bonds. The Morgan fingerprint density at radius 1 is 0.667 bits per heavy atom. The van der Waals surface area contributed by atoms with Crippen molar-refractivity contribution in [3.05, 3.63) is 57.6 Å². The molecule has 2 aromatic rings. The largest absolute Gasteiger partial charge is 0.459 e. The van der Waals surface area contributed by atoms with E-state index in [-0.39, 0.29) is 24.0 Å². The minimum Gasteiger partial charge on any atom is -0.459 e. The third kappa shape index (κ3) is 4.77. The van der Waals surface area contributed by atoms with E-state index < -0.39 is 12.6 Å². The number of benzene rings is 2. The van der Waals surface area contributed by atoms with Crippen LogP contribution in [0.3, 0.4) is 0 Å². The molecule has 2 aromatic carbocycles. The Balaban J connectivity index is 1.82. The highest BCUT2D eigenvalue weighted by Gasteiger charge is 2.41. The number of ether oxygens (including phenoxy) is 3. The molecule has 2 unspecified atom stereocenters. The molecule has 0 radical (unpaired) electrons. The van der Waals surface area contributed by atoms with Gasteiger partial charge < -0.3 is 19.7 Å². The Kier molecular flexibility index (Phi) is 6.51. The SMILES string of the molecule is CC(C)(C)c1cc(CCCO)c2c(c1)C1Oc3c(CCCO)cc(C(C)(C)C)cc3C(O2)O1. The van der Waals surface area contributed by atoms with Crippen molar-refractivity contribution < 1.29 is 24.4 Å². The molecule has 4 rings (SSSR count). The van der Waals surface area contributed by atoms with Gasteiger partial charge in [-0.25, -0.2) is 0 Å². The van der Waals surface area contributed by atoms with Gasteiger partial charge in [-0.3, -0.25) is 4.74 Å². The Morgan fingerprint density at radius 2 is 1.06 bits per heavy atom. The van der Waals surface area contributed by atoms with Crippen LogP contribution in [0.25, 0.3) is 0 Å². The lowest BCUT2D eigenvalue weighted by atomic mass is 9.83. The molecule has 0 fully saturated rings. The zero-order valence-corrected chi connectivity index (χ0v) is 20.8. The van der Waals surface area contributed by atoms with E-state index in [0.717, 1.165) is 46.6 Å². The van der Waals surface area contributed by atoms with Gasteiger partial charge in [0.1, 0.15) is 11.5 Å². The predicted molar refractivity (Wildman–Crippen MR) is 129 cm³/mol. The van der Waals surface area contributed by atoms with Crippen LogP contribution >= 0.6 is 0 Å². The van der Waals surface area contributed by atoms with Crippen molar-refractivity contribution in [1.82, 2.24) is 0 Å². The number of aryl methyl sites for hydroxylation is 2. The van der Waals surface area contributed by atoms with Crippen LogP contribution in [0.5, 0.6) is 11.5 Å². The summed E-state index contributed by atoms with van der Waals surface area (Å²) in [6.45, 7) is 13.4. The molecule has 33 heavy (non-hydrogen) atoms. The van der Waals surface area contributed by atoms with E-state index in [0.29, 0.717) is 12.8 Å². The van der Waals surface area contributed by atoms with E-state index >= 15 is 0 Å². The molecule has 0 aliphatic carbocycles. The first-order chi connectivity index (χ1) is 15.5. The number of fused-ring (bicyclic) bond motifs is 6. The maximum Gasteiger partial charge on any atom is 0.233 e. The second-order valence-corrected chi connectivity index (χ2v) is 11.3. The smallest absolute Gasteiger partial charge is 0.233 e. The van der Waals surface area contributed by atoms with Crippen molar-refractivity contribution in [2.24, 2.45) is 0 Å². The molecule has 5 heteroatoms. The molecule has 5 nitrogen and oxygen atoms in total. The number of aliphatic hydroxyl groups is 2. The van der Waals surface area contributed by atoms with Gasteiger partial charge in [0, 0.05) is 13.2 Å². The van der Waals surface area contributed by atoms with Crippen molar-refractivity contribution >= 4 is 0 Å². The lowest BCUT2D eigenvalue weighted by Gasteiger charge is -2.40. The van der Waals surface area contributed by atoms with E-state index in [1.54, 1.807) is 0 Å². The highest BCUT2D eigenvalue weighted by molar-refractivity contribution is 5.53. The molecule has 2 N–H and O–H groups in total. The average molecular weight is 455 g/mol. The lowest BCUT2D eigenvalue weighted by molar-refractivity contribution is -0.228. The third-order valence-corrected chi connectivity index (χ3v) is 6.53. The summed E-state index contributed by atoms with van der Waals surface area (Å²) in [5, 5.41) is 18.9. The van der Waals surface area contributed by atoms with Crippen molar-refractivity contribution in [3.8, 4) is 11.5 Å². The van der Waals surface area contributed by atoms with Gasteiger partial charge in [0.25, 0.3) is 0 Å². The lowest BCUT2D eigenvalue weighted by Crippen LogP contribution is -2.32. The zero-order chi connectivity index (χ0) is 24.0. The maximum atomic E-state index is 9.45. The van der Waals surface area contributed by atoms with Crippen molar-refractivity contribution in [3.63, 3.8) is 0 Å². The minimum atomic E-state index is -0.546. The Bertz CT molecular complexity index is 931. The van der Waals surface area contributed by atoms with Crippen LogP contribution in [0.2, 0.25) is 0 Å². The first kappa shape index (κ1) is 24.1. The molecule has 2 bridgehead atoms. The summed E-state index contributed by atoms with van der Waals surface area (Å²) in [6.07, 6.45) is 1.73. The molecule has 0 aromatic heterocycles. The predicted octanol–water partition coefficient (Wildman–Crippen LogP) is 5.63. The van der Waals surface area contributed by atoms with Crippen LogP contribution in [0, 0.1) is 0 Å². The van der Waals surface area contributed by atoms with Gasteiger partial charge >= 0.3 is 0 Å². The van der Waals surface area contributed by atoms with Gasteiger partial charge in [0.05, 0.1) is 11.1 Å². The highest BCUT2D eigenvalue weighted by Crippen LogP contribution is 2.51. The first-order valence-electron chi connectivity index (χ1n) is 12.1. The average Bonchev–Trinajstić information content (AvgIpc) is 2.74. The van der Waals surface area contributed by atoms with Gasteiger partial charge in [-0.1, -0.05) is 53.7 Å². The van der Waals surface area contributed by atoms with E-state index in [1.165, 1.54) is 11.1 Å². The first-order valence-corrected chi connectivity index (χ1v) is 12.1. The molecule has 2 aliphatic rings. The molecule has 0 saturated carbocycles. The second kappa shape index (κ2) is 8.94. The summed E-state index contributed by atoms with van der Waals surface area (Å²) in [5.41, 5.74) is 6.29. The van der Waals surface area contributed by atoms with Gasteiger partial charge in [0.2, 0.25) is 12.6 Å². The monoisotopic (exact) mass is 454 g/mol. The quantitative estimate of drug-likeness (QED) is 0.592. The molecule has 2 atom stereocenters. The van der Waals surface area contributed by atoms with Crippen molar-refractivity contribution in [2.45, 2.75) is 90.6 Å². The standard InChI is InChI=1S/C28H38O5/c1-27(2,3)19-13-17(9-7-11-29)23-21(15-19)25-32-24-18(10-8-12-30)14-20(28(4,5)6)16-22(24)26(31-23)33-25/h13-16,25-26,29-30H,7-12H2,1-6H3. The van der Waals surface area contributed by atoms with Crippen LogP contribution in [0.15, 0.2) is 24.3 Å². The van der Waals surface area contributed by atoms with Crippen LogP contribution in [0.4, 0.5) is 0 Å². The van der Waals surface area contributed by atoms with Gasteiger partial charge in [-0.15, -0.1) is 0 Å². The molecular formula is C28H38O5. The molecule has 180 valence electrons.